The lowest BCUT2D eigenvalue weighted by molar-refractivity contribution is 0.00434. The summed E-state index contributed by atoms with van der Waals surface area (Å²) in [5, 5.41) is 3.42. The molecule has 0 aromatic heterocycles. The fraction of sp³-hybridized carbons (Fsp3) is 0.588. The molecule has 1 saturated heterocycles. The molecule has 1 unspecified atom stereocenters. The molecule has 0 saturated carbocycles. The molecule has 1 aliphatic heterocycles. The van der Waals surface area contributed by atoms with Crippen LogP contribution in [0, 0.1) is 5.82 Å². The van der Waals surface area contributed by atoms with E-state index in [9.17, 15) is 9.18 Å². The zero-order chi connectivity index (χ0) is 17.2. The van der Waals surface area contributed by atoms with Crippen molar-refractivity contribution < 1.29 is 18.7 Å². The third-order valence-electron chi connectivity index (χ3n) is 3.69. The number of likely N-dealkylation sites (tertiary alicyclic amines) is 1. The highest BCUT2D eigenvalue weighted by Gasteiger charge is 2.34. The van der Waals surface area contributed by atoms with Crippen molar-refractivity contribution in [3.8, 4) is 5.75 Å². The van der Waals surface area contributed by atoms with Crippen LogP contribution in [0.3, 0.4) is 0 Å². The summed E-state index contributed by atoms with van der Waals surface area (Å²) in [5.41, 5.74) is 0.465. The molecule has 5 nitrogen and oxygen atoms in total. The summed E-state index contributed by atoms with van der Waals surface area (Å²) < 4.78 is 23.8. The molecule has 0 bridgehead atoms. The molecule has 1 aliphatic rings. The lowest BCUT2D eigenvalue weighted by Crippen LogP contribution is -2.60. The molecule has 1 fully saturated rings. The molecule has 6 heteroatoms. The molecule has 0 spiro atoms. The third kappa shape index (κ3) is 4.58. The average molecular weight is 324 g/mol. The van der Waals surface area contributed by atoms with Crippen LogP contribution >= 0.6 is 0 Å². The molecule has 1 aromatic rings. The Morgan fingerprint density at radius 1 is 1.39 bits per heavy atom. The maximum Gasteiger partial charge on any atom is 0.410 e. The molecule has 23 heavy (non-hydrogen) atoms. The van der Waals surface area contributed by atoms with Gasteiger partial charge in [-0.1, -0.05) is 6.07 Å². The number of benzene rings is 1. The number of amides is 1. The van der Waals surface area contributed by atoms with Gasteiger partial charge in [0.25, 0.3) is 0 Å². The first-order valence-corrected chi connectivity index (χ1v) is 7.77. The standard InChI is InChI=1S/C17H25FN2O3/c1-11(12-6-7-14(18)15(8-12)22-5)19-13-9-20(10-13)16(21)23-17(2,3)4/h6-8,11,13,19H,9-10H2,1-5H3. The fourth-order valence-electron chi connectivity index (χ4n) is 2.46. The normalized spacial score (nSPS) is 16.7. The predicted octanol–water partition coefficient (Wildman–Crippen LogP) is 3.10. The second kappa shape index (κ2) is 6.74. The molecular weight excluding hydrogens is 299 g/mol. The van der Waals surface area contributed by atoms with Crippen LogP contribution in [0.5, 0.6) is 5.75 Å². The number of halogens is 1. The van der Waals surface area contributed by atoms with Crippen molar-refractivity contribution in [2.45, 2.75) is 45.4 Å². The molecule has 1 N–H and O–H groups in total. The minimum atomic E-state index is -0.479. The highest BCUT2D eigenvalue weighted by Crippen LogP contribution is 2.24. The van der Waals surface area contributed by atoms with E-state index in [0.717, 1.165) is 5.56 Å². The number of carbonyl (C=O) groups excluding carboxylic acids is 1. The molecule has 1 heterocycles. The molecular formula is C17H25FN2O3. The van der Waals surface area contributed by atoms with E-state index in [-0.39, 0.29) is 29.7 Å². The average Bonchev–Trinajstić information content (AvgIpc) is 2.40. The first-order chi connectivity index (χ1) is 10.7. The smallest absolute Gasteiger partial charge is 0.410 e. The Kier molecular flexibility index (Phi) is 5.14. The first kappa shape index (κ1) is 17.5. The largest absolute Gasteiger partial charge is 0.494 e. The zero-order valence-electron chi connectivity index (χ0n) is 14.4. The number of nitrogens with one attached hydrogen (secondary N) is 1. The molecule has 1 amide bonds. The Morgan fingerprint density at radius 2 is 2.04 bits per heavy atom. The van der Waals surface area contributed by atoms with E-state index in [4.69, 9.17) is 9.47 Å². The van der Waals surface area contributed by atoms with Gasteiger partial charge in [-0.25, -0.2) is 9.18 Å². The van der Waals surface area contributed by atoms with Crippen LogP contribution in [0.15, 0.2) is 18.2 Å². The lowest BCUT2D eigenvalue weighted by Gasteiger charge is -2.41. The summed E-state index contributed by atoms with van der Waals surface area (Å²) >= 11 is 0. The van der Waals surface area contributed by atoms with Gasteiger partial charge in [0.05, 0.1) is 7.11 Å². The second-order valence-corrected chi connectivity index (χ2v) is 6.86. The predicted molar refractivity (Wildman–Crippen MR) is 86.1 cm³/mol. The van der Waals surface area contributed by atoms with Gasteiger partial charge in [0.1, 0.15) is 5.60 Å². The molecule has 0 aliphatic carbocycles. The number of hydrogen-bond donors (Lipinski definition) is 1. The van der Waals surface area contributed by atoms with Gasteiger partial charge >= 0.3 is 6.09 Å². The second-order valence-electron chi connectivity index (χ2n) is 6.86. The van der Waals surface area contributed by atoms with Crippen molar-refractivity contribution in [2.24, 2.45) is 0 Å². The van der Waals surface area contributed by atoms with E-state index in [2.05, 4.69) is 5.32 Å². The summed E-state index contributed by atoms with van der Waals surface area (Å²) in [5.74, 6) is -0.136. The number of rotatable bonds is 4. The van der Waals surface area contributed by atoms with E-state index in [1.165, 1.54) is 13.2 Å². The highest BCUT2D eigenvalue weighted by atomic mass is 19.1. The van der Waals surface area contributed by atoms with Gasteiger partial charge in [-0.3, -0.25) is 0 Å². The van der Waals surface area contributed by atoms with Crippen molar-refractivity contribution in [1.29, 1.82) is 0 Å². The quantitative estimate of drug-likeness (QED) is 0.924. The summed E-state index contributed by atoms with van der Waals surface area (Å²) in [4.78, 5) is 13.5. The van der Waals surface area contributed by atoms with E-state index in [0.29, 0.717) is 13.1 Å². The molecule has 1 aromatic carbocycles. The Morgan fingerprint density at radius 3 is 2.61 bits per heavy atom. The van der Waals surface area contributed by atoms with Crippen LogP contribution in [0.2, 0.25) is 0 Å². The minimum absolute atomic E-state index is 0.0373. The Labute approximate surface area is 136 Å². The van der Waals surface area contributed by atoms with Gasteiger partial charge in [-0.2, -0.15) is 0 Å². The van der Waals surface area contributed by atoms with Crippen LogP contribution < -0.4 is 10.1 Å². The van der Waals surface area contributed by atoms with Crippen molar-refractivity contribution in [2.75, 3.05) is 20.2 Å². The number of hydrogen-bond acceptors (Lipinski definition) is 4. The van der Waals surface area contributed by atoms with Crippen LogP contribution in [-0.4, -0.2) is 42.8 Å². The van der Waals surface area contributed by atoms with E-state index in [1.54, 1.807) is 17.0 Å². The van der Waals surface area contributed by atoms with Gasteiger partial charge < -0.3 is 19.7 Å². The van der Waals surface area contributed by atoms with Crippen LogP contribution in [0.1, 0.15) is 39.3 Å². The van der Waals surface area contributed by atoms with Crippen LogP contribution in [0.25, 0.3) is 0 Å². The summed E-state index contributed by atoms with van der Waals surface area (Å²) in [6.07, 6.45) is -0.286. The summed E-state index contributed by atoms with van der Waals surface area (Å²) in [6.45, 7) is 8.78. The maximum atomic E-state index is 13.4. The number of ether oxygens (including phenoxy) is 2. The molecule has 2 rings (SSSR count). The van der Waals surface area contributed by atoms with Gasteiger partial charge in [0, 0.05) is 25.2 Å². The van der Waals surface area contributed by atoms with E-state index in [1.807, 2.05) is 27.7 Å². The Hall–Kier alpha value is -1.82. The van der Waals surface area contributed by atoms with Gasteiger partial charge in [0.2, 0.25) is 0 Å². The van der Waals surface area contributed by atoms with Crippen molar-refractivity contribution in [1.82, 2.24) is 10.2 Å². The molecule has 1 atom stereocenters. The van der Waals surface area contributed by atoms with Gasteiger partial charge in [-0.15, -0.1) is 0 Å². The number of carbonyl (C=O) groups is 1. The van der Waals surface area contributed by atoms with Crippen LogP contribution in [-0.2, 0) is 4.74 Å². The van der Waals surface area contributed by atoms with Gasteiger partial charge in [0.15, 0.2) is 11.6 Å². The van der Waals surface area contributed by atoms with Crippen molar-refractivity contribution in [3.05, 3.63) is 29.6 Å². The molecule has 128 valence electrons. The van der Waals surface area contributed by atoms with Crippen molar-refractivity contribution in [3.63, 3.8) is 0 Å². The first-order valence-electron chi connectivity index (χ1n) is 7.77. The zero-order valence-corrected chi connectivity index (χ0v) is 14.4. The Bertz CT molecular complexity index is 565. The monoisotopic (exact) mass is 324 g/mol. The molecule has 0 radical (unpaired) electrons. The van der Waals surface area contributed by atoms with Crippen molar-refractivity contribution >= 4 is 6.09 Å². The Balaban J connectivity index is 1.84. The highest BCUT2D eigenvalue weighted by molar-refractivity contribution is 5.69. The summed E-state index contributed by atoms with van der Waals surface area (Å²) in [6, 6.07) is 5.07. The SMILES string of the molecule is COc1cc(C(C)NC2CN(C(=O)OC(C)(C)C)C2)ccc1F. The fourth-order valence-corrected chi connectivity index (χ4v) is 2.46. The topological polar surface area (TPSA) is 50.8 Å². The number of nitrogens with zero attached hydrogens (tertiary/aromatic N) is 1. The van der Waals surface area contributed by atoms with Crippen LogP contribution in [0.4, 0.5) is 9.18 Å². The van der Waals surface area contributed by atoms with Gasteiger partial charge in [-0.05, 0) is 45.4 Å². The number of methoxy groups -OCH3 is 1. The van der Waals surface area contributed by atoms with E-state index >= 15 is 0 Å². The minimum Gasteiger partial charge on any atom is -0.494 e. The maximum absolute atomic E-state index is 13.4. The summed E-state index contributed by atoms with van der Waals surface area (Å²) in [7, 11) is 1.45. The lowest BCUT2D eigenvalue weighted by atomic mass is 10.0. The van der Waals surface area contributed by atoms with E-state index < -0.39 is 5.60 Å². The third-order valence-corrected chi connectivity index (χ3v) is 3.69.